The van der Waals surface area contributed by atoms with Crippen molar-refractivity contribution in [2.45, 2.75) is 18.7 Å². The quantitative estimate of drug-likeness (QED) is 0.523. The molecule has 5 rings (SSSR count). The second-order valence-electron chi connectivity index (χ2n) is 6.50. The van der Waals surface area contributed by atoms with Gasteiger partial charge in [0.05, 0.1) is 16.6 Å². The summed E-state index contributed by atoms with van der Waals surface area (Å²) in [6.07, 6.45) is 0.00824. The van der Waals surface area contributed by atoms with Crippen LogP contribution in [0.15, 0.2) is 75.6 Å². The number of rotatable bonds is 3. The molecular formula is C21H15BrN2O2S. The number of hydrogen-bond acceptors (Lipinski definition) is 5. The molecule has 1 aromatic heterocycles. The highest BCUT2D eigenvalue weighted by atomic mass is 79.9. The van der Waals surface area contributed by atoms with E-state index < -0.39 is 6.23 Å². The molecule has 2 aromatic carbocycles. The summed E-state index contributed by atoms with van der Waals surface area (Å²) in [4.78, 5) is 14.3. The maximum atomic E-state index is 13.2. The highest BCUT2D eigenvalue weighted by molar-refractivity contribution is 9.10. The largest absolute Gasteiger partial charge is 0.461 e. The molecule has 3 heterocycles. The normalized spacial score (nSPS) is 20.5. The number of thiophene rings is 1. The number of hydrazone groups is 1. The van der Waals surface area contributed by atoms with Gasteiger partial charge in [-0.15, -0.1) is 11.3 Å². The van der Waals surface area contributed by atoms with Gasteiger partial charge in [-0.25, -0.2) is 5.01 Å². The van der Waals surface area contributed by atoms with E-state index in [1.165, 1.54) is 0 Å². The van der Waals surface area contributed by atoms with E-state index in [1.807, 2.05) is 58.9 Å². The first-order valence-electron chi connectivity index (χ1n) is 8.66. The van der Waals surface area contributed by atoms with Crippen LogP contribution in [-0.2, 0) is 0 Å². The zero-order valence-corrected chi connectivity index (χ0v) is 16.6. The first kappa shape index (κ1) is 16.7. The zero-order valence-electron chi connectivity index (χ0n) is 14.2. The Balaban J connectivity index is 1.56. The molecule has 6 heteroatoms. The number of hydrogen-bond donors (Lipinski definition) is 0. The maximum Gasteiger partial charge on any atom is 0.251 e. The lowest BCUT2D eigenvalue weighted by molar-refractivity contribution is -0.00455. The molecule has 0 unspecified atom stereocenters. The van der Waals surface area contributed by atoms with Gasteiger partial charge in [0.15, 0.2) is 0 Å². The number of fused-ring (bicyclic) bond motifs is 3. The summed E-state index contributed by atoms with van der Waals surface area (Å²) in [5.74, 6) is 0.676. The van der Waals surface area contributed by atoms with Crippen LogP contribution >= 0.6 is 27.3 Å². The molecule has 2 atom stereocenters. The Labute approximate surface area is 169 Å². The minimum Gasteiger partial charge on any atom is -0.461 e. The number of carbonyl (C=O) groups excluding carboxylic acids is 1. The van der Waals surface area contributed by atoms with E-state index in [2.05, 4.69) is 28.1 Å². The van der Waals surface area contributed by atoms with Gasteiger partial charge in [0.1, 0.15) is 5.75 Å². The van der Waals surface area contributed by atoms with Crippen molar-refractivity contribution in [1.82, 2.24) is 5.01 Å². The Bertz CT molecular complexity index is 1030. The molecule has 27 heavy (non-hydrogen) atoms. The number of nitrogens with zero attached hydrogens (tertiary/aromatic N) is 2. The lowest BCUT2D eigenvalue weighted by Crippen LogP contribution is -2.45. The van der Waals surface area contributed by atoms with Gasteiger partial charge in [-0.2, -0.15) is 5.10 Å². The number of ether oxygens (including phenoxy) is 1. The lowest BCUT2D eigenvalue weighted by atomic mass is 9.97. The Morgan fingerprint density at radius 3 is 2.70 bits per heavy atom. The van der Waals surface area contributed by atoms with E-state index >= 15 is 0 Å². The van der Waals surface area contributed by atoms with Crippen LogP contribution in [0, 0.1) is 0 Å². The predicted octanol–water partition coefficient (Wildman–Crippen LogP) is 5.26. The van der Waals surface area contributed by atoms with Crippen molar-refractivity contribution in [2.75, 3.05) is 0 Å². The van der Waals surface area contributed by atoms with Crippen LogP contribution in [0.2, 0.25) is 0 Å². The molecule has 2 aliphatic heterocycles. The van der Waals surface area contributed by atoms with Crippen molar-refractivity contribution in [3.63, 3.8) is 0 Å². The van der Waals surface area contributed by atoms with E-state index in [0.717, 1.165) is 32.8 Å². The summed E-state index contributed by atoms with van der Waals surface area (Å²) in [6.45, 7) is 0. The van der Waals surface area contributed by atoms with Gasteiger partial charge in [-0.05, 0) is 29.6 Å². The first-order valence-corrected chi connectivity index (χ1v) is 10.3. The highest BCUT2D eigenvalue weighted by Gasteiger charge is 2.43. The van der Waals surface area contributed by atoms with Gasteiger partial charge in [-0.1, -0.05) is 52.3 Å². The molecule has 3 aromatic rings. The number of Topliss-reactive ketones (excluding diaryl/α,β-unsaturated/α-hetero) is 1. The smallest absolute Gasteiger partial charge is 0.251 e. The Morgan fingerprint density at radius 1 is 1.11 bits per heavy atom. The van der Waals surface area contributed by atoms with E-state index in [0.29, 0.717) is 5.56 Å². The lowest BCUT2D eigenvalue weighted by Gasteiger charge is -2.37. The molecule has 0 spiro atoms. The van der Waals surface area contributed by atoms with E-state index in [-0.39, 0.29) is 11.8 Å². The predicted molar refractivity (Wildman–Crippen MR) is 109 cm³/mol. The van der Waals surface area contributed by atoms with Crippen molar-refractivity contribution < 1.29 is 9.53 Å². The Kier molecular flexibility index (Phi) is 4.10. The third-order valence-electron chi connectivity index (χ3n) is 4.86. The molecule has 0 N–H and O–H groups in total. The van der Waals surface area contributed by atoms with Gasteiger partial charge >= 0.3 is 0 Å². The summed E-state index contributed by atoms with van der Waals surface area (Å²) in [7, 11) is 0. The summed E-state index contributed by atoms with van der Waals surface area (Å²) in [5.41, 5.74) is 2.69. The molecule has 0 bridgehead atoms. The fraction of sp³-hybridized carbons (Fsp3) is 0.143. The third-order valence-corrected chi connectivity index (χ3v) is 6.31. The minimum atomic E-state index is -0.761. The van der Waals surface area contributed by atoms with Crippen molar-refractivity contribution in [1.29, 1.82) is 0 Å². The van der Waals surface area contributed by atoms with Gasteiger partial charge in [0.2, 0.25) is 5.78 Å². The number of ketones is 1. The van der Waals surface area contributed by atoms with Crippen molar-refractivity contribution in [3.05, 3.63) is 86.5 Å². The zero-order chi connectivity index (χ0) is 18.4. The van der Waals surface area contributed by atoms with Gasteiger partial charge < -0.3 is 4.74 Å². The average molecular weight is 439 g/mol. The second kappa shape index (κ2) is 6.62. The fourth-order valence-electron chi connectivity index (χ4n) is 3.56. The van der Waals surface area contributed by atoms with E-state index in [1.54, 1.807) is 11.3 Å². The van der Waals surface area contributed by atoms with Crippen molar-refractivity contribution in [2.24, 2.45) is 5.10 Å². The van der Waals surface area contributed by atoms with E-state index in [4.69, 9.17) is 9.84 Å². The molecule has 0 amide bonds. The molecule has 0 radical (unpaired) electrons. The molecule has 0 fully saturated rings. The number of para-hydroxylation sites is 1. The average Bonchev–Trinajstić information content (AvgIpc) is 3.37. The van der Waals surface area contributed by atoms with E-state index in [9.17, 15) is 4.79 Å². The minimum absolute atomic E-state index is 0.0106. The van der Waals surface area contributed by atoms with Gasteiger partial charge in [0, 0.05) is 22.0 Å². The number of halogens is 1. The standard InChI is InChI=1S/C21H15BrN2O2S/c22-14-9-7-13(8-10-14)20(25)21-24-17(15-4-1-2-5-18(15)26-21)12-16(23-24)19-6-3-11-27-19/h1-11,17,21H,12H2/t17-,21+/m1/s1. The van der Waals surface area contributed by atoms with Crippen LogP contribution < -0.4 is 4.74 Å². The van der Waals surface area contributed by atoms with Crippen molar-refractivity contribution >= 4 is 38.8 Å². The molecule has 134 valence electrons. The molecule has 4 nitrogen and oxygen atoms in total. The Morgan fingerprint density at radius 2 is 1.93 bits per heavy atom. The number of benzene rings is 2. The highest BCUT2D eigenvalue weighted by Crippen LogP contribution is 2.43. The second-order valence-corrected chi connectivity index (χ2v) is 8.37. The summed E-state index contributed by atoms with van der Waals surface area (Å²) >= 11 is 5.08. The van der Waals surface area contributed by atoms with Crippen LogP contribution in [0.25, 0.3) is 0 Å². The summed E-state index contributed by atoms with van der Waals surface area (Å²) < 4.78 is 7.06. The van der Waals surface area contributed by atoms with Gasteiger partial charge in [0.25, 0.3) is 6.23 Å². The fourth-order valence-corrected chi connectivity index (χ4v) is 4.54. The van der Waals surface area contributed by atoms with Crippen LogP contribution in [0.4, 0.5) is 0 Å². The van der Waals surface area contributed by atoms with Crippen LogP contribution in [0.3, 0.4) is 0 Å². The first-order chi connectivity index (χ1) is 13.2. The molecule has 0 saturated carbocycles. The summed E-state index contributed by atoms with van der Waals surface area (Å²) in [6, 6.07) is 19.4. The monoisotopic (exact) mass is 438 g/mol. The molecule has 2 aliphatic rings. The van der Waals surface area contributed by atoms with Crippen molar-refractivity contribution in [3.8, 4) is 5.75 Å². The SMILES string of the molecule is O=C(c1ccc(Br)cc1)[C@@H]1Oc2ccccc2[C@H]2CC(c3cccs3)=NN21. The summed E-state index contributed by atoms with van der Waals surface area (Å²) in [5, 5.41) is 8.68. The van der Waals surface area contributed by atoms with Crippen LogP contribution in [0.5, 0.6) is 5.75 Å². The molecule has 0 aliphatic carbocycles. The topological polar surface area (TPSA) is 41.9 Å². The maximum absolute atomic E-state index is 13.2. The number of carbonyl (C=O) groups is 1. The van der Waals surface area contributed by atoms with Crippen LogP contribution in [-0.4, -0.2) is 22.7 Å². The van der Waals surface area contributed by atoms with Crippen LogP contribution in [0.1, 0.15) is 33.3 Å². The van der Waals surface area contributed by atoms with Gasteiger partial charge in [-0.3, -0.25) is 4.79 Å². The molecular weight excluding hydrogens is 424 g/mol. The Hall–Kier alpha value is -2.44. The molecule has 0 saturated heterocycles. The third kappa shape index (κ3) is 2.89.